The van der Waals surface area contributed by atoms with Crippen LogP contribution in [0.15, 0.2) is 78.9 Å². The molecule has 5 rings (SSSR count). The Bertz CT molecular complexity index is 1500. The molecule has 6 heteroatoms. The van der Waals surface area contributed by atoms with Gasteiger partial charge in [-0.15, -0.1) is 0 Å². The van der Waals surface area contributed by atoms with Crippen molar-refractivity contribution in [3.05, 3.63) is 123 Å². The molecular weight excluding hydrogens is 528 g/mol. The maximum Gasteiger partial charge on any atom is 0.339 e. The molecule has 1 N–H and O–H groups in total. The van der Waals surface area contributed by atoms with E-state index in [9.17, 15) is 9.90 Å². The van der Waals surface area contributed by atoms with Gasteiger partial charge in [-0.05, 0) is 66.3 Å². The first-order chi connectivity index (χ1) is 20.4. The van der Waals surface area contributed by atoms with E-state index in [0.29, 0.717) is 38.8 Å². The normalized spacial score (nSPS) is 13.0. The van der Waals surface area contributed by atoms with Crippen LogP contribution in [-0.2, 0) is 19.6 Å². The van der Waals surface area contributed by atoms with E-state index in [1.165, 1.54) is 5.56 Å². The van der Waals surface area contributed by atoms with Crippen molar-refractivity contribution in [3.63, 3.8) is 0 Å². The molecule has 0 bridgehead atoms. The second-order valence-corrected chi connectivity index (χ2v) is 10.8. The molecule has 0 amide bonds. The number of hydrogen-bond donors (Lipinski definition) is 1. The number of hydrogen-bond acceptors (Lipinski definition) is 5. The van der Waals surface area contributed by atoms with Gasteiger partial charge in [0.2, 0.25) is 0 Å². The molecule has 0 radical (unpaired) electrons. The zero-order valence-corrected chi connectivity index (χ0v) is 24.7. The van der Waals surface area contributed by atoms with E-state index in [0.717, 1.165) is 44.5 Å². The average molecular weight is 567 g/mol. The number of benzene rings is 4. The lowest BCUT2D eigenvalue weighted by Gasteiger charge is -2.34. The van der Waals surface area contributed by atoms with Gasteiger partial charge in [-0.25, -0.2) is 4.79 Å². The van der Waals surface area contributed by atoms with Gasteiger partial charge < -0.3 is 24.1 Å². The number of carboxylic acids is 1. The number of aromatic carboxylic acids is 1. The van der Waals surface area contributed by atoms with Gasteiger partial charge in [-0.2, -0.15) is 0 Å². The van der Waals surface area contributed by atoms with E-state index < -0.39 is 11.4 Å². The molecule has 0 atom stereocenters. The highest BCUT2D eigenvalue weighted by molar-refractivity contribution is 5.93. The second kappa shape index (κ2) is 12.9. The largest absolute Gasteiger partial charge is 0.490 e. The summed E-state index contributed by atoms with van der Waals surface area (Å²) >= 11 is 0. The molecule has 218 valence electrons. The highest BCUT2D eigenvalue weighted by Crippen LogP contribution is 2.56. The van der Waals surface area contributed by atoms with Crippen molar-refractivity contribution in [3.8, 4) is 16.9 Å². The Balaban J connectivity index is 1.54. The SMILES string of the molecule is COCCOCCOCCOc1ccc(C2(c3ccc(C)cc3)c3cc(C)ccc3-c3ccc(C)cc32)cc1C(=O)O. The minimum absolute atomic E-state index is 0.122. The molecule has 4 aromatic rings. The molecule has 0 aromatic heterocycles. The maximum absolute atomic E-state index is 12.6. The minimum atomic E-state index is -1.04. The van der Waals surface area contributed by atoms with E-state index in [-0.39, 0.29) is 12.2 Å². The first kappa shape index (κ1) is 29.5. The number of methoxy groups -OCH3 is 1. The summed E-state index contributed by atoms with van der Waals surface area (Å²) in [6.45, 7) is 8.77. The summed E-state index contributed by atoms with van der Waals surface area (Å²) < 4.78 is 21.9. The van der Waals surface area contributed by atoms with Crippen molar-refractivity contribution in [1.82, 2.24) is 0 Å². The third-order valence-corrected chi connectivity index (χ3v) is 7.86. The van der Waals surface area contributed by atoms with Crippen LogP contribution in [0, 0.1) is 20.8 Å². The molecular formula is C36H38O6. The Morgan fingerprint density at radius 1 is 0.643 bits per heavy atom. The van der Waals surface area contributed by atoms with Crippen molar-refractivity contribution < 1.29 is 28.8 Å². The lowest BCUT2D eigenvalue weighted by molar-refractivity contribution is 0.0178. The lowest BCUT2D eigenvalue weighted by Crippen LogP contribution is -2.29. The number of aryl methyl sites for hydroxylation is 3. The van der Waals surface area contributed by atoms with Crippen LogP contribution in [0.25, 0.3) is 11.1 Å². The molecule has 6 nitrogen and oxygen atoms in total. The van der Waals surface area contributed by atoms with Gasteiger partial charge in [0, 0.05) is 7.11 Å². The predicted octanol–water partition coefficient (Wildman–Crippen LogP) is 6.73. The first-order valence-electron chi connectivity index (χ1n) is 14.3. The smallest absolute Gasteiger partial charge is 0.339 e. The van der Waals surface area contributed by atoms with Crippen LogP contribution in [0.2, 0.25) is 0 Å². The highest BCUT2D eigenvalue weighted by Gasteiger charge is 2.46. The molecule has 1 aliphatic rings. The molecule has 4 aromatic carbocycles. The summed E-state index contributed by atoms with van der Waals surface area (Å²) in [4.78, 5) is 12.6. The fourth-order valence-corrected chi connectivity index (χ4v) is 5.87. The van der Waals surface area contributed by atoms with Gasteiger partial charge in [-0.1, -0.05) is 83.4 Å². The molecule has 0 saturated carbocycles. The van der Waals surface area contributed by atoms with Gasteiger partial charge in [0.15, 0.2) is 0 Å². The summed E-state index contributed by atoms with van der Waals surface area (Å²) in [5.74, 6) is -0.720. The Morgan fingerprint density at radius 3 is 1.74 bits per heavy atom. The molecule has 1 aliphatic carbocycles. The molecule has 42 heavy (non-hydrogen) atoms. The Kier molecular flexibility index (Phi) is 9.07. The van der Waals surface area contributed by atoms with Crippen LogP contribution < -0.4 is 4.74 Å². The third-order valence-electron chi connectivity index (χ3n) is 7.86. The van der Waals surface area contributed by atoms with Crippen LogP contribution in [0.4, 0.5) is 0 Å². The van der Waals surface area contributed by atoms with Crippen molar-refractivity contribution in [2.75, 3.05) is 46.8 Å². The summed E-state index contributed by atoms with van der Waals surface area (Å²) in [6.07, 6.45) is 0. The average Bonchev–Trinajstić information content (AvgIpc) is 3.26. The van der Waals surface area contributed by atoms with Gasteiger partial charge in [0.25, 0.3) is 0 Å². The van der Waals surface area contributed by atoms with Crippen LogP contribution in [0.5, 0.6) is 5.75 Å². The quantitative estimate of drug-likeness (QED) is 0.159. The van der Waals surface area contributed by atoms with E-state index >= 15 is 0 Å². The fourth-order valence-electron chi connectivity index (χ4n) is 5.87. The fraction of sp³-hybridized carbons (Fsp3) is 0.306. The number of rotatable bonds is 13. The van der Waals surface area contributed by atoms with Crippen molar-refractivity contribution >= 4 is 5.97 Å². The molecule has 0 unspecified atom stereocenters. The van der Waals surface area contributed by atoms with Crippen LogP contribution in [0.1, 0.15) is 49.3 Å². The summed E-state index contributed by atoms with van der Waals surface area (Å²) in [5.41, 5.74) is 9.51. The standard InChI is InChI=1S/C36H38O6/c1-24-5-9-27(10-6-24)36(32-21-25(2)7-12-29(32)30-13-8-26(3)22-33(30)36)28-11-14-34(31(23-28)35(37)38)42-20-19-41-18-17-40-16-15-39-4/h5-14,21-23H,15-20H2,1-4H3,(H,37,38). The number of carboxylic acid groups (broad SMARTS) is 1. The highest BCUT2D eigenvalue weighted by atomic mass is 16.6. The van der Waals surface area contributed by atoms with Gasteiger partial charge in [-0.3, -0.25) is 0 Å². The summed E-state index contributed by atoms with van der Waals surface area (Å²) in [6, 6.07) is 27.3. The van der Waals surface area contributed by atoms with Crippen molar-refractivity contribution in [2.24, 2.45) is 0 Å². The van der Waals surface area contributed by atoms with E-state index in [4.69, 9.17) is 18.9 Å². The monoisotopic (exact) mass is 566 g/mol. The number of fused-ring (bicyclic) bond motifs is 3. The van der Waals surface area contributed by atoms with Crippen LogP contribution in [-0.4, -0.2) is 57.8 Å². The Morgan fingerprint density at radius 2 is 1.17 bits per heavy atom. The third kappa shape index (κ3) is 5.71. The van der Waals surface area contributed by atoms with Crippen molar-refractivity contribution in [2.45, 2.75) is 26.2 Å². The lowest BCUT2D eigenvalue weighted by atomic mass is 9.67. The Labute approximate surface area is 247 Å². The molecule has 0 fully saturated rings. The zero-order valence-electron chi connectivity index (χ0n) is 24.7. The predicted molar refractivity (Wildman–Crippen MR) is 164 cm³/mol. The molecule has 0 spiro atoms. The van der Waals surface area contributed by atoms with Gasteiger partial charge in [0.05, 0.1) is 38.4 Å². The Hall–Kier alpha value is -3.97. The molecule has 0 heterocycles. The van der Waals surface area contributed by atoms with Gasteiger partial charge >= 0.3 is 5.97 Å². The van der Waals surface area contributed by atoms with Crippen LogP contribution in [0.3, 0.4) is 0 Å². The van der Waals surface area contributed by atoms with E-state index in [2.05, 4.69) is 81.4 Å². The van der Waals surface area contributed by atoms with E-state index in [1.807, 2.05) is 6.07 Å². The molecule has 0 saturated heterocycles. The summed E-state index contributed by atoms with van der Waals surface area (Å²) in [5, 5.41) is 10.3. The number of ether oxygens (including phenoxy) is 4. The summed E-state index contributed by atoms with van der Waals surface area (Å²) in [7, 11) is 1.63. The minimum Gasteiger partial charge on any atom is -0.490 e. The maximum atomic E-state index is 12.6. The van der Waals surface area contributed by atoms with Crippen LogP contribution >= 0.6 is 0 Å². The van der Waals surface area contributed by atoms with E-state index in [1.54, 1.807) is 19.2 Å². The van der Waals surface area contributed by atoms with Crippen molar-refractivity contribution in [1.29, 1.82) is 0 Å². The topological polar surface area (TPSA) is 74.2 Å². The number of carbonyl (C=O) groups is 1. The van der Waals surface area contributed by atoms with Gasteiger partial charge in [0.1, 0.15) is 17.9 Å². The molecule has 0 aliphatic heterocycles. The second-order valence-electron chi connectivity index (χ2n) is 10.8. The zero-order chi connectivity index (χ0) is 29.7. The first-order valence-corrected chi connectivity index (χ1v) is 14.3.